The van der Waals surface area contributed by atoms with Gasteiger partial charge in [0.25, 0.3) is 0 Å². The van der Waals surface area contributed by atoms with Gasteiger partial charge in [-0.3, -0.25) is 4.21 Å². The lowest BCUT2D eigenvalue weighted by Crippen LogP contribution is -2.41. The molecule has 1 aliphatic heterocycles. The lowest BCUT2D eigenvalue weighted by atomic mass is 10.0. The fraction of sp³-hybridized carbons (Fsp3) is 0.294. The van der Waals surface area contributed by atoms with Crippen molar-refractivity contribution in [2.45, 2.75) is 17.0 Å². The highest BCUT2D eigenvalue weighted by Gasteiger charge is 2.33. The molecular weight excluding hydrogens is 282 g/mol. The summed E-state index contributed by atoms with van der Waals surface area (Å²) in [6.07, 6.45) is 0. The SMILES string of the molecule is CNC1c2ccccc2OCC1S(=O)Cc1ccccc1. The third-order valence-corrected chi connectivity index (χ3v) is 5.53. The fourth-order valence-corrected chi connectivity index (χ4v) is 4.29. The third kappa shape index (κ3) is 3.01. The molecule has 0 bridgehead atoms. The van der Waals surface area contributed by atoms with Crippen LogP contribution in [0.5, 0.6) is 5.75 Å². The fourth-order valence-electron chi connectivity index (χ4n) is 2.75. The predicted octanol–water partition coefficient (Wildman–Crippen LogP) is 2.66. The van der Waals surface area contributed by atoms with Crippen LogP contribution < -0.4 is 10.1 Å². The second kappa shape index (κ2) is 6.41. The zero-order valence-electron chi connectivity index (χ0n) is 12.0. The number of fused-ring (bicyclic) bond motifs is 1. The molecule has 1 aliphatic rings. The first-order valence-corrected chi connectivity index (χ1v) is 8.48. The van der Waals surface area contributed by atoms with Crippen LogP contribution in [0.2, 0.25) is 0 Å². The van der Waals surface area contributed by atoms with Crippen LogP contribution in [0, 0.1) is 0 Å². The number of ether oxygens (including phenoxy) is 1. The lowest BCUT2D eigenvalue weighted by Gasteiger charge is -2.32. The molecule has 21 heavy (non-hydrogen) atoms. The number of para-hydroxylation sites is 1. The molecule has 4 heteroatoms. The molecule has 2 aromatic rings. The van der Waals surface area contributed by atoms with Gasteiger partial charge in [-0.05, 0) is 18.7 Å². The van der Waals surface area contributed by atoms with Gasteiger partial charge in [0.1, 0.15) is 12.4 Å². The summed E-state index contributed by atoms with van der Waals surface area (Å²) >= 11 is 0. The van der Waals surface area contributed by atoms with E-state index in [0.29, 0.717) is 12.4 Å². The number of hydrogen-bond donors (Lipinski definition) is 1. The zero-order valence-corrected chi connectivity index (χ0v) is 12.8. The maximum atomic E-state index is 12.7. The maximum Gasteiger partial charge on any atom is 0.124 e. The van der Waals surface area contributed by atoms with Crippen LogP contribution in [0.15, 0.2) is 54.6 Å². The lowest BCUT2D eigenvalue weighted by molar-refractivity contribution is 0.262. The summed E-state index contributed by atoms with van der Waals surface area (Å²) in [5.74, 6) is 1.46. The van der Waals surface area contributed by atoms with Gasteiger partial charge in [0.2, 0.25) is 0 Å². The monoisotopic (exact) mass is 301 g/mol. The average molecular weight is 301 g/mol. The molecule has 110 valence electrons. The van der Waals surface area contributed by atoms with E-state index in [9.17, 15) is 4.21 Å². The van der Waals surface area contributed by atoms with Crippen LogP contribution in [-0.2, 0) is 16.6 Å². The molecular formula is C17H19NO2S. The summed E-state index contributed by atoms with van der Waals surface area (Å²) in [5, 5.41) is 3.27. The molecule has 2 aromatic carbocycles. The Hall–Kier alpha value is -1.65. The predicted molar refractivity (Wildman–Crippen MR) is 85.8 cm³/mol. The van der Waals surface area contributed by atoms with Crippen molar-refractivity contribution in [2.75, 3.05) is 13.7 Å². The highest BCUT2D eigenvalue weighted by Crippen LogP contribution is 2.34. The molecule has 0 aliphatic carbocycles. The number of hydrogen-bond acceptors (Lipinski definition) is 3. The van der Waals surface area contributed by atoms with Crippen molar-refractivity contribution >= 4 is 10.8 Å². The minimum absolute atomic E-state index is 0.0369. The summed E-state index contributed by atoms with van der Waals surface area (Å²) in [6.45, 7) is 0.488. The van der Waals surface area contributed by atoms with E-state index in [1.807, 2.05) is 61.6 Å². The molecule has 0 saturated heterocycles. The first-order chi connectivity index (χ1) is 10.3. The Labute approximate surface area is 127 Å². The van der Waals surface area contributed by atoms with Crippen LogP contribution >= 0.6 is 0 Å². The van der Waals surface area contributed by atoms with Crippen molar-refractivity contribution in [1.29, 1.82) is 0 Å². The van der Waals surface area contributed by atoms with Gasteiger partial charge in [-0.2, -0.15) is 0 Å². The van der Waals surface area contributed by atoms with E-state index in [1.54, 1.807) is 0 Å². The van der Waals surface area contributed by atoms with Crippen molar-refractivity contribution in [1.82, 2.24) is 5.32 Å². The van der Waals surface area contributed by atoms with Gasteiger partial charge in [-0.1, -0.05) is 48.5 Å². The Morgan fingerprint density at radius 1 is 1.14 bits per heavy atom. The number of rotatable bonds is 4. The molecule has 3 atom stereocenters. The molecule has 0 spiro atoms. The standard InChI is InChI=1S/C17H19NO2S/c1-18-17-14-9-5-6-10-15(14)20-11-16(17)21(19)12-13-7-3-2-4-8-13/h2-10,16-18H,11-12H2,1H3. The Morgan fingerprint density at radius 3 is 2.62 bits per heavy atom. The quantitative estimate of drug-likeness (QED) is 0.943. The van der Waals surface area contributed by atoms with Gasteiger partial charge in [0.15, 0.2) is 0 Å². The van der Waals surface area contributed by atoms with Gasteiger partial charge in [-0.15, -0.1) is 0 Å². The largest absolute Gasteiger partial charge is 0.492 e. The van der Waals surface area contributed by atoms with Gasteiger partial charge < -0.3 is 10.1 Å². The van der Waals surface area contributed by atoms with E-state index in [0.717, 1.165) is 16.9 Å². The molecule has 0 saturated carbocycles. The summed E-state index contributed by atoms with van der Waals surface area (Å²) in [4.78, 5) is 0. The van der Waals surface area contributed by atoms with E-state index in [1.165, 1.54) is 0 Å². The maximum absolute atomic E-state index is 12.7. The molecule has 3 rings (SSSR count). The van der Waals surface area contributed by atoms with E-state index in [-0.39, 0.29) is 11.3 Å². The Morgan fingerprint density at radius 2 is 1.86 bits per heavy atom. The number of benzene rings is 2. The Bertz CT molecular complexity index is 630. The van der Waals surface area contributed by atoms with Gasteiger partial charge in [-0.25, -0.2) is 0 Å². The van der Waals surface area contributed by atoms with Crippen LogP contribution in [0.25, 0.3) is 0 Å². The summed E-state index contributed by atoms with van der Waals surface area (Å²) in [7, 11) is 0.934. The third-order valence-electron chi connectivity index (χ3n) is 3.83. The number of nitrogens with one attached hydrogen (secondary N) is 1. The van der Waals surface area contributed by atoms with E-state index < -0.39 is 10.8 Å². The van der Waals surface area contributed by atoms with Crippen LogP contribution in [0.4, 0.5) is 0 Å². The summed E-state index contributed by atoms with van der Waals surface area (Å²) < 4.78 is 18.5. The van der Waals surface area contributed by atoms with Crippen LogP contribution in [-0.4, -0.2) is 23.1 Å². The molecule has 3 unspecified atom stereocenters. The van der Waals surface area contributed by atoms with E-state index in [4.69, 9.17) is 4.74 Å². The van der Waals surface area contributed by atoms with E-state index >= 15 is 0 Å². The summed E-state index contributed by atoms with van der Waals surface area (Å²) in [5.41, 5.74) is 2.20. The molecule has 0 fully saturated rings. The molecule has 1 heterocycles. The van der Waals surface area contributed by atoms with Gasteiger partial charge in [0.05, 0.1) is 11.3 Å². The van der Waals surface area contributed by atoms with Crippen molar-refractivity contribution in [3.63, 3.8) is 0 Å². The van der Waals surface area contributed by atoms with Crippen LogP contribution in [0.1, 0.15) is 17.2 Å². The highest BCUT2D eigenvalue weighted by molar-refractivity contribution is 7.84. The Balaban J connectivity index is 1.81. The normalized spacial score (nSPS) is 22.1. The minimum Gasteiger partial charge on any atom is -0.492 e. The molecule has 0 radical (unpaired) electrons. The second-order valence-corrected chi connectivity index (χ2v) is 6.82. The van der Waals surface area contributed by atoms with Gasteiger partial charge >= 0.3 is 0 Å². The Kier molecular flexibility index (Phi) is 4.36. The smallest absolute Gasteiger partial charge is 0.124 e. The first-order valence-electron chi connectivity index (χ1n) is 7.09. The first kappa shape index (κ1) is 14.3. The van der Waals surface area contributed by atoms with Gasteiger partial charge in [0, 0.05) is 22.1 Å². The van der Waals surface area contributed by atoms with Crippen molar-refractivity contribution < 1.29 is 8.95 Å². The minimum atomic E-state index is -0.982. The van der Waals surface area contributed by atoms with Crippen molar-refractivity contribution in [2.24, 2.45) is 0 Å². The van der Waals surface area contributed by atoms with Crippen molar-refractivity contribution in [3.8, 4) is 5.75 Å². The topological polar surface area (TPSA) is 38.3 Å². The molecule has 3 nitrogen and oxygen atoms in total. The average Bonchev–Trinajstić information content (AvgIpc) is 2.54. The van der Waals surface area contributed by atoms with Crippen molar-refractivity contribution in [3.05, 3.63) is 65.7 Å². The second-order valence-electron chi connectivity index (χ2n) is 5.16. The summed E-state index contributed by atoms with van der Waals surface area (Å²) in [6, 6.07) is 18.0. The highest BCUT2D eigenvalue weighted by atomic mass is 32.2. The molecule has 0 aromatic heterocycles. The molecule has 0 amide bonds. The van der Waals surface area contributed by atoms with E-state index in [2.05, 4.69) is 5.32 Å². The zero-order chi connectivity index (χ0) is 14.7. The van der Waals surface area contributed by atoms with Crippen LogP contribution in [0.3, 0.4) is 0 Å². The molecule has 1 N–H and O–H groups in total.